The van der Waals surface area contributed by atoms with Crippen molar-refractivity contribution in [3.8, 4) is 0 Å². The number of H-pyrrole nitrogens is 1. The zero-order valence-corrected chi connectivity index (χ0v) is 13.0. The number of rotatable bonds is 6. The molecule has 1 aliphatic rings. The molecule has 0 radical (unpaired) electrons. The van der Waals surface area contributed by atoms with Gasteiger partial charge in [0, 0.05) is 6.42 Å². The Balaban J connectivity index is 2.07. The third-order valence-electron chi connectivity index (χ3n) is 3.68. The van der Waals surface area contributed by atoms with E-state index in [0.29, 0.717) is 17.2 Å². The average molecular weight is 346 g/mol. The lowest BCUT2D eigenvalue weighted by molar-refractivity contribution is -0.150. The molecule has 0 saturated carbocycles. The first kappa shape index (κ1) is 18.3. The van der Waals surface area contributed by atoms with E-state index in [1.54, 1.807) is 4.98 Å². The van der Waals surface area contributed by atoms with Gasteiger partial charge in [-0.15, -0.1) is 0 Å². The number of hydrogen-bond donors (Lipinski definition) is 3. The molecule has 0 amide bonds. The number of aliphatic hydroxyl groups excluding tert-OH is 2. The molecule has 1 fully saturated rings. The Morgan fingerprint density at radius 1 is 1.42 bits per heavy atom. The Labute approximate surface area is 135 Å². The summed E-state index contributed by atoms with van der Waals surface area (Å²) < 4.78 is 24.2. The van der Waals surface area contributed by atoms with E-state index in [9.17, 15) is 29.0 Å². The summed E-state index contributed by atoms with van der Waals surface area (Å²) in [6, 6.07) is 0. The molecule has 0 aliphatic carbocycles. The normalized spacial score (nSPS) is 26.5. The zero-order chi connectivity index (χ0) is 17.9. The maximum atomic E-state index is 13.3. The van der Waals surface area contributed by atoms with Gasteiger partial charge in [0.15, 0.2) is 6.23 Å². The second kappa shape index (κ2) is 7.69. The van der Waals surface area contributed by atoms with Crippen LogP contribution in [0.4, 0.5) is 4.39 Å². The lowest BCUT2D eigenvalue weighted by atomic mass is 10.1. The van der Waals surface area contributed by atoms with Crippen molar-refractivity contribution < 1.29 is 28.9 Å². The molecule has 10 heteroatoms. The second-order valence-electron chi connectivity index (χ2n) is 5.48. The molecular formula is C14H19FN2O7. The summed E-state index contributed by atoms with van der Waals surface area (Å²) in [5, 5.41) is 19.9. The number of aromatic amines is 1. The number of nitrogens with zero attached hydrogens (tertiary/aromatic N) is 1. The fourth-order valence-corrected chi connectivity index (χ4v) is 2.31. The van der Waals surface area contributed by atoms with Gasteiger partial charge >= 0.3 is 11.7 Å². The van der Waals surface area contributed by atoms with Crippen molar-refractivity contribution in [1.29, 1.82) is 0 Å². The summed E-state index contributed by atoms with van der Waals surface area (Å²) in [6.45, 7) is 1.59. The van der Waals surface area contributed by atoms with Crippen LogP contribution in [0.1, 0.15) is 32.4 Å². The summed E-state index contributed by atoms with van der Waals surface area (Å²) in [5.41, 5.74) is -2.20. The van der Waals surface area contributed by atoms with Crippen LogP contribution in [0.2, 0.25) is 0 Å². The number of hydrogen-bond acceptors (Lipinski definition) is 7. The highest BCUT2D eigenvalue weighted by Gasteiger charge is 2.44. The number of esters is 1. The molecule has 0 unspecified atom stereocenters. The molecule has 0 bridgehead atoms. The maximum Gasteiger partial charge on any atom is 0.330 e. The van der Waals surface area contributed by atoms with Crippen molar-refractivity contribution in [1.82, 2.24) is 9.55 Å². The van der Waals surface area contributed by atoms with Crippen LogP contribution in [0.25, 0.3) is 0 Å². The van der Waals surface area contributed by atoms with Crippen LogP contribution in [0.5, 0.6) is 0 Å². The van der Waals surface area contributed by atoms with Crippen LogP contribution in [0.15, 0.2) is 15.8 Å². The first-order valence-corrected chi connectivity index (χ1v) is 7.53. The van der Waals surface area contributed by atoms with E-state index in [2.05, 4.69) is 0 Å². The van der Waals surface area contributed by atoms with E-state index >= 15 is 0 Å². The van der Waals surface area contributed by atoms with Gasteiger partial charge in [-0.2, -0.15) is 4.39 Å². The number of aliphatic hydroxyl groups is 2. The van der Waals surface area contributed by atoms with Crippen molar-refractivity contribution in [3.63, 3.8) is 0 Å². The summed E-state index contributed by atoms with van der Waals surface area (Å²) in [4.78, 5) is 35.9. The number of aromatic nitrogens is 2. The van der Waals surface area contributed by atoms with Gasteiger partial charge in [0.1, 0.15) is 24.9 Å². The van der Waals surface area contributed by atoms with Crippen LogP contribution in [-0.4, -0.2) is 50.7 Å². The van der Waals surface area contributed by atoms with Crippen molar-refractivity contribution in [2.45, 2.75) is 50.7 Å². The average Bonchev–Trinajstić information content (AvgIpc) is 2.82. The molecule has 2 rings (SSSR count). The predicted octanol–water partition coefficient (Wildman–Crippen LogP) is -0.972. The Morgan fingerprint density at radius 2 is 2.12 bits per heavy atom. The molecule has 1 aliphatic heterocycles. The molecule has 4 atom stereocenters. The largest absolute Gasteiger partial charge is 0.463 e. The Morgan fingerprint density at radius 3 is 2.79 bits per heavy atom. The highest BCUT2D eigenvalue weighted by atomic mass is 19.1. The smallest absolute Gasteiger partial charge is 0.330 e. The van der Waals surface area contributed by atoms with Gasteiger partial charge < -0.3 is 19.7 Å². The minimum Gasteiger partial charge on any atom is -0.463 e. The third-order valence-corrected chi connectivity index (χ3v) is 3.68. The summed E-state index contributed by atoms with van der Waals surface area (Å²) in [6.07, 6.45) is -3.24. The van der Waals surface area contributed by atoms with Crippen molar-refractivity contribution in [3.05, 3.63) is 32.9 Å². The molecule has 1 aromatic rings. The van der Waals surface area contributed by atoms with Crippen LogP contribution in [-0.2, 0) is 14.3 Å². The molecule has 24 heavy (non-hydrogen) atoms. The van der Waals surface area contributed by atoms with Gasteiger partial charge in [-0.3, -0.25) is 19.1 Å². The minimum absolute atomic E-state index is 0.218. The molecule has 2 heterocycles. The summed E-state index contributed by atoms with van der Waals surface area (Å²) >= 11 is 0. The van der Waals surface area contributed by atoms with Gasteiger partial charge in [0.2, 0.25) is 5.82 Å². The Bertz CT molecular complexity index is 701. The number of carbonyl (C=O) groups is 1. The van der Waals surface area contributed by atoms with Gasteiger partial charge in [0.05, 0.1) is 6.20 Å². The number of unbranched alkanes of at least 4 members (excludes halogenated alkanes) is 1. The van der Waals surface area contributed by atoms with Crippen molar-refractivity contribution >= 4 is 5.97 Å². The zero-order valence-electron chi connectivity index (χ0n) is 13.0. The fourth-order valence-electron chi connectivity index (χ4n) is 2.31. The quantitative estimate of drug-likeness (QED) is 0.565. The highest BCUT2D eigenvalue weighted by Crippen LogP contribution is 2.28. The summed E-state index contributed by atoms with van der Waals surface area (Å²) in [5.74, 6) is -1.72. The van der Waals surface area contributed by atoms with E-state index in [0.717, 1.165) is 6.42 Å². The van der Waals surface area contributed by atoms with Crippen LogP contribution < -0.4 is 11.2 Å². The van der Waals surface area contributed by atoms with Crippen LogP contribution >= 0.6 is 0 Å². The molecule has 1 saturated heterocycles. The number of halogens is 1. The topological polar surface area (TPSA) is 131 Å². The van der Waals surface area contributed by atoms with Gasteiger partial charge in [0.25, 0.3) is 5.56 Å². The van der Waals surface area contributed by atoms with Crippen molar-refractivity contribution in [2.24, 2.45) is 0 Å². The molecule has 0 spiro atoms. The predicted molar refractivity (Wildman–Crippen MR) is 77.7 cm³/mol. The molecule has 0 aromatic carbocycles. The molecule has 3 N–H and O–H groups in total. The number of nitrogens with one attached hydrogen (secondary N) is 1. The fraction of sp³-hybridized carbons (Fsp3) is 0.643. The second-order valence-corrected chi connectivity index (χ2v) is 5.48. The van der Waals surface area contributed by atoms with E-state index in [-0.39, 0.29) is 13.0 Å². The SMILES string of the molecule is CCCCC(=O)OC[C@H]1O[C@@H](n2cc(F)c(=O)[nH]c2=O)[C@H](O)[C@@H]1O. The molecular weight excluding hydrogens is 327 g/mol. The Kier molecular flexibility index (Phi) is 5.86. The van der Waals surface area contributed by atoms with Crippen LogP contribution in [0.3, 0.4) is 0 Å². The highest BCUT2D eigenvalue weighted by molar-refractivity contribution is 5.69. The maximum absolute atomic E-state index is 13.3. The van der Waals surface area contributed by atoms with E-state index in [1.807, 2.05) is 6.92 Å². The first-order chi connectivity index (χ1) is 11.3. The molecule has 134 valence electrons. The third kappa shape index (κ3) is 3.89. The number of ether oxygens (including phenoxy) is 2. The Hall–Kier alpha value is -2.04. The first-order valence-electron chi connectivity index (χ1n) is 7.53. The lowest BCUT2D eigenvalue weighted by Crippen LogP contribution is -2.38. The van der Waals surface area contributed by atoms with E-state index in [4.69, 9.17) is 9.47 Å². The molecule has 9 nitrogen and oxygen atoms in total. The van der Waals surface area contributed by atoms with E-state index in [1.165, 1.54) is 0 Å². The number of carbonyl (C=O) groups excluding carboxylic acids is 1. The van der Waals surface area contributed by atoms with Gasteiger partial charge in [-0.05, 0) is 6.42 Å². The standard InChI is InChI=1S/C14H19FN2O7/c1-2-3-4-9(18)23-6-8-10(19)11(20)13(24-8)17-5-7(15)12(21)16-14(17)22/h5,8,10-11,13,19-20H,2-4,6H2,1H3,(H,16,21,22)/t8-,10-,11-,13-/m1/s1. The minimum atomic E-state index is -1.56. The van der Waals surface area contributed by atoms with Gasteiger partial charge in [-0.25, -0.2) is 4.79 Å². The lowest BCUT2D eigenvalue weighted by Gasteiger charge is -2.16. The van der Waals surface area contributed by atoms with Crippen molar-refractivity contribution in [2.75, 3.05) is 6.61 Å². The van der Waals surface area contributed by atoms with Crippen LogP contribution in [0, 0.1) is 5.82 Å². The monoisotopic (exact) mass is 346 g/mol. The van der Waals surface area contributed by atoms with E-state index < -0.39 is 47.6 Å². The molecule has 1 aromatic heterocycles. The van der Waals surface area contributed by atoms with Gasteiger partial charge in [-0.1, -0.05) is 13.3 Å². The summed E-state index contributed by atoms with van der Waals surface area (Å²) in [7, 11) is 0.